The summed E-state index contributed by atoms with van der Waals surface area (Å²) < 4.78 is 79.8. The maximum Gasteiger partial charge on any atom is 0.534 e. The topological polar surface area (TPSA) is 63.0 Å². The third kappa shape index (κ3) is 5.78. The van der Waals surface area contributed by atoms with Gasteiger partial charge in [-0.25, -0.2) is 0 Å². The number of hydrogen-bond acceptors (Lipinski definition) is 6. The first-order valence-corrected chi connectivity index (χ1v) is 18.8. The van der Waals surface area contributed by atoms with E-state index in [-0.39, 0.29) is 11.0 Å². The molecule has 0 radical (unpaired) electrons. The van der Waals surface area contributed by atoms with Gasteiger partial charge >= 0.3 is 15.6 Å². The summed E-state index contributed by atoms with van der Waals surface area (Å²) in [6.45, 7) is 0. The Morgan fingerprint density at radius 2 is 0.909 bits per heavy atom. The van der Waals surface area contributed by atoms with Gasteiger partial charge in [0.1, 0.15) is 5.58 Å². The number of alkyl halides is 3. The normalized spacial score (nSPS) is 12.1. The van der Waals surface area contributed by atoms with Gasteiger partial charge in [0.15, 0.2) is 11.3 Å². The van der Waals surface area contributed by atoms with Gasteiger partial charge in [-0.3, -0.25) is 0 Å². The van der Waals surface area contributed by atoms with Crippen molar-refractivity contribution in [2.45, 2.75) is 5.51 Å². The fourth-order valence-corrected chi connectivity index (χ4v) is 7.75. The highest BCUT2D eigenvalue weighted by molar-refractivity contribution is 7.88. The third-order valence-corrected chi connectivity index (χ3v) is 10.5. The number of hydrogen-bond donors (Lipinski definition) is 0. The van der Waals surface area contributed by atoms with Crippen LogP contribution >= 0.6 is 0 Å². The van der Waals surface area contributed by atoms with Crippen LogP contribution in [0.3, 0.4) is 0 Å². The summed E-state index contributed by atoms with van der Waals surface area (Å²) in [6.07, 6.45) is 0. The van der Waals surface area contributed by atoms with Crippen LogP contribution in [0.15, 0.2) is 180 Å². The summed E-state index contributed by atoms with van der Waals surface area (Å²) in [5.74, 6) is -0.558. The molecule has 0 saturated heterocycles. The zero-order valence-electron chi connectivity index (χ0n) is 28.8. The van der Waals surface area contributed by atoms with Gasteiger partial charge in [-0.15, -0.1) is 0 Å². The molecule has 0 aliphatic rings. The van der Waals surface area contributed by atoms with E-state index in [0.29, 0.717) is 27.4 Å². The van der Waals surface area contributed by atoms with Crippen LogP contribution in [-0.2, 0) is 10.1 Å². The Kier molecular flexibility index (Phi) is 8.20. The van der Waals surface area contributed by atoms with Gasteiger partial charge in [0.2, 0.25) is 0 Å². The van der Waals surface area contributed by atoms with Crippen molar-refractivity contribution in [3.8, 4) is 5.75 Å². The lowest BCUT2D eigenvalue weighted by molar-refractivity contribution is -0.0499. The second-order valence-corrected chi connectivity index (χ2v) is 14.4. The van der Waals surface area contributed by atoms with Crippen LogP contribution in [0.4, 0.5) is 47.3 Å². The number of para-hydroxylation sites is 4. The zero-order chi connectivity index (χ0) is 37.7. The van der Waals surface area contributed by atoms with Crippen LogP contribution < -0.4 is 14.0 Å². The Hall–Kier alpha value is -6.78. The molecule has 55 heavy (non-hydrogen) atoms. The van der Waals surface area contributed by atoms with Gasteiger partial charge in [-0.05, 0) is 53.9 Å². The fraction of sp³-hybridized carbons (Fsp3) is 0.0222. The van der Waals surface area contributed by atoms with Crippen molar-refractivity contribution in [1.82, 2.24) is 0 Å². The molecule has 9 rings (SSSR count). The minimum absolute atomic E-state index is 0.119. The molecule has 0 fully saturated rings. The van der Waals surface area contributed by atoms with Gasteiger partial charge in [-0.2, -0.15) is 21.6 Å². The number of anilines is 6. The highest BCUT2D eigenvalue weighted by atomic mass is 32.2. The number of fused-ring (bicyclic) bond motifs is 6. The van der Waals surface area contributed by atoms with Crippen molar-refractivity contribution in [1.29, 1.82) is 0 Å². The monoisotopic (exact) mass is 750 g/mol. The number of nitrogens with zero attached hydrogens (tertiary/aromatic N) is 2. The van der Waals surface area contributed by atoms with Crippen molar-refractivity contribution >= 4 is 87.7 Å². The van der Waals surface area contributed by atoms with Crippen LogP contribution in [0.1, 0.15) is 0 Å². The molecular weight excluding hydrogens is 722 g/mol. The first-order valence-electron chi connectivity index (χ1n) is 17.3. The summed E-state index contributed by atoms with van der Waals surface area (Å²) in [4.78, 5) is 4.09. The number of rotatable bonds is 8. The van der Waals surface area contributed by atoms with Crippen LogP contribution in [0.5, 0.6) is 5.75 Å². The Bertz CT molecular complexity index is 2880. The van der Waals surface area contributed by atoms with E-state index in [4.69, 9.17) is 8.60 Å². The molecule has 6 nitrogen and oxygen atoms in total. The van der Waals surface area contributed by atoms with E-state index in [1.165, 1.54) is 6.07 Å². The lowest BCUT2D eigenvalue weighted by Crippen LogP contribution is -2.28. The average Bonchev–Trinajstić information content (AvgIpc) is 3.60. The van der Waals surface area contributed by atoms with Crippen molar-refractivity contribution < 1.29 is 30.2 Å². The third-order valence-electron chi connectivity index (χ3n) is 9.54. The first kappa shape index (κ1) is 34.0. The maximum atomic E-state index is 14.1. The standard InChI is InChI=1S/C45H29F3N2O4S/c46-45(47,48)55(51,52)54-43-37-28-16-15-27-36(37)42(50(32-21-9-3-10-22-32)33-23-11-4-12-24-33)41-40-35-26-14-13-25-34(35)38(29-39(40)53-44(41)43)49(30-17-5-1-6-18-30)31-19-7-2-8-20-31/h1-29H. The molecule has 270 valence electrons. The van der Waals surface area contributed by atoms with Crippen molar-refractivity contribution in [3.05, 3.63) is 176 Å². The van der Waals surface area contributed by atoms with Crippen LogP contribution in [0, 0.1) is 0 Å². The molecule has 8 aromatic carbocycles. The second-order valence-electron chi connectivity index (χ2n) is 12.8. The molecule has 0 bridgehead atoms. The minimum atomic E-state index is -6.13. The molecule has 9 aromatic rings. The van der Waals surface area contributed by atoms with Crippen LogP contribution in [0.25, 0.3) is 43.5 Å². The molecule has 0 saturated carbocycles. The average molecular weight is 751 g/mol. The zero-order valence-corrected chi connectivity index (χ0v) is 29.6. The fourth-order valence-electron chi connectivity index (χ4n) is 7.27. The van der Waals surface area contributed by atoms with Crippen LogP contribution in [0.2, 0.25) is 0 Å². The molecule has 10 heteroatoms. The largest absolute Gasteiger partial charge is 0.534 e. The van der Waals surface area contributed by atoms with Crippen molar-refractivity contribution in [2.24, 2.45) is 0 Å². The predicted octanol–water partition coefficient (Wildman–Crippen LogP) is 13.1. The minimum Gasteiger partial charge on any atom is -0.452 e. The molecule has 0 unspecified atom stereocenters. The van der Waals surface area contributed by atoms with E-state index in [1.54, 1.807) is 18.2 Å². The van der Waals surface area contributed by atoms with Crippen LogP contribution in [-0.4, -0.2) is 13.9 Å². The van der Waals surface area contributed by atoms with E-state index in [0.717, 1.165) is 39.2 Å². The van der Waals surface area contributed by atoms with Gasteiger partial charge in [0.25, 0.3) is 0 Å². The Labute approximate surface area is 314 Å². The van der Waals surface area contributed by atoms with Gasteiger partial charge in [0, 0.05) is 50.4 Å². The van der Waals surface area contributed by atoms with Gasteiger partial charge in [-0.1, -0.05) is 121 Å². The molecule has 0 aliphatic carbocycles. The summed E-state index contributed by atoms with van der Waals surface area (Å²) in [6, 6.07) is 54.9. The first-order chi connectivity index (χ1) is 26.7. The van der Waals surface area contributed by atoms with E-state index < -0.39 is 21.4 Å². The van der Waals surface area contributed by atoms with Gasteiger partial charge in [0.05, 0.1) is 16.8 Å². The smallest absolute Gasteiger partial charge is 0.452 e. The van der Waals surface area contributed by atoms with E-state index in [2.05, 4.69) is 4.90 Å². The van der Waals surface area contributed by atoms with Crippen molar-refractivity contribution in [2.75, 3.05) is 9.80 Å². The Morgan fingerprint density at radius 1 is 0.491 bits per heavy atom. The highest BCUT2D eigenvalue weighted by Crippen LogP contribution is 2.54. The number of furan rings is 1. The summed E-state index contributed by atoms with van der Waals surface area (Å²) in [5.41, 5.74) is -0.998. The van der Waals surface area contributed by atoms with E-state index in [9.17, 15) is 21.6 Å². The lowest BCUT2D eigenvalue weighted by Gasteiger charge is -2.28. The Morgan fingerprint density at radius 3 is 1.40 bits per heavy atom. The quantitative estimate of drug-likeness (QED) is 0.114. The lowest BCUT2D eigenvalue weighted by atomic mass is 9.96. The molecule has 1 aromatic heterocycles. The number of halogens is 3. The molecule has 1 heterocycles. The Balaban J connectivity index is 1.48. The SMILES string of the molecule is O=S(=O)(Oc1c2ccccc2c(N(c2ccccc2)c2ccccc2)c2c1oc1cc(N(c3ccccc3)c3ccccc3)c3ccccc3c12)C(F)(F)F. The molecule has 0 N–H and O–H groups in total. The second kappa shape index (κ2) is 13.3. The highest BCUT2D eigenvalue weighted by Gasteiger charge is 2.49. The molecular formula is C45H29F3N2O4S. The molecule has 0 aliphatic heterocycles. The van der Waals surface area contributed by atoms with E-state index >= 15 is 0 Å². The summed E-state index contributed by atoms with van der Waals surface area (Å²) in [7, 11) is -6.13. The predicted molar refractivity (Wildman–Crippen MR) is 214 cm³/mol. The maximum absolute atomic E-state index is 14.1. The summed E-state index contributed by atoms with van der Waals surface area (Å²) in [5, 5.41) is 3.06. The molecule has 0 amide bonds. The van der Waals surface area contributed by atoms with E-state index in [1.807, 2.05) is 157 Å². The number of benzene rings is 8. The molecule has 0 spiro atoms. The van der Waals surface area contributed by atoms with Gasteiger partial charge < -0.3 is 18.4 Å². The summed E-state index contributed by atoms with van der Waals surface area (Å²) >= 11 is 0. The molecule has 0 atom stereocenters. The van der Waals surface area contributed by atoms with Crippen molar-refractivity contribution in [3.63, 3.8) is 0 Å².